The lowest BCUT2D eigenvalue weighted by Crippen LogP contribution is -2.53. The first-order valence-corrected chi connectivity index (χ1v) is 7.97. The van der Waals surface area contributed by atoms with E-state index in [2.05, 4.69) is 10.3 Å². The third-order valence-corrected chi connectivity index (χ3v) is 4.86. The molecule has 2 amide bonds. The molecule has 1 aromatic rings. The average molecular weight is 321 g/mol. The molecule has 2 aliphatic heterocycles. The maximum absolute atomic E-state index is 12.8. The van der Waals surface area contributed by atoms with Crippen molar-refractivity contribution in [3.05, 3.63) is 18.4 Å². The molecule has 1 aromatic heterocycles. The number of nitrogens with zero attached hydrogens (tertiary/aromatic N) is 2. The first-order valence-electron chi connectivity index (χ1n) is 7.97. The predicted molar refractivity (Wildman–Crippen MR) is 81.8 cm³/mol. The highest BCUT2D eigenvalue weighted by molar-refractivity contribution is 5.92. The SMILES string of the molecule is CNC(=O)C[C@@H]1OC(C)(C)C[C@]12CCCN2C(=O)c1cnco1. The lowest BCUT2D eigenvalue weighted by atomic mass is 9.82. The maximum atomic E-state index is 12.8. The Labute approximate surface area is 135 Å². The van der Waals surface area contributed by atoms with Gasteiger partial charge in [0, 0.05) is 20.0 Å². The largest absolute Gasteiger partial charge is 0.438 e. The average Bonchev–Trinajstić information content (AvgIpc) is 3.19. The van der Waals surface area contributed by atoms with Gasteiger partial charge in [0.2, 0.25) is 11.7 Å². The zero-order valence-electron chi connectivity index (χ0n) is 13.8. The van der Waals surface area contributed by atoms with Crippen molar-refractivity contribution in [2.75, 3.05) is 13.6 Å². The van der Waals surface area contributed by atoms with Crippen LogP contribution in [0, 0.1) is 0 Å². The first-order chi connectivity index (χ1) is 10.9. The summed E-state index contributed by atoms with van der Waals surface area (Å²) in [4.78, 5) is 30.4. The number of hydrogen-bond acceptors (Lipinski definition) is 5. The van der Waals surface area contributed by atoms with E-state index in [0.29, 0.717) is 13.0 Å². The predicted octanol–water partition coefficient (Wildman–Crippen LogP) is 1.35. The molecule has 3 rings (SSSR count). The normalized spacial score (nSPS) is 29.2. The van der Waals surface area contributed by atoms with Gasteiger partial charge in [0.1, 0.15) is 0 Å². The molecule has 23 heavy (non-hydrogen) atoms. The van der Waals surface area contributed by atoms with Crippen LogP contribution in [0.15, 0.2) is 17.0 Å². The number of aromatic nitrogens is 1. The van der Waals surface area contributed by atoms with E-state index in [0.717, 1.165) is 12.8 Å². The van der Waals surface area contributed by atoms with Crippen molar-refractivity contribution in [1.29, 1.82) is 0 Å². The molecule has 126 valence electrons. The molecular formula is C16H23N3O4. The van der Waals surface area contributed by atoms with Crippen LogP contribution in [0.2, 0.25) is 0 Å². The number of oxazole rings is 1. The number of ether oxygens (including phenoxy) is 1. The van der Waals surface area contributed by atoms with E-state index in [9.17, 15) is 9.59 Å². The highest BCUT2D eigenvalue weighted by atomic mass is 16.5. The highest BCUT2D eigenvalue weighted by Crippen LogP contribution is 2.49. The van der Waals surface area contributed by atoms with Gasteiger partial charge in [-0.25, -0.2) is 4.98 Å². The Hall–Kier alpha value is -1.89. The Kier molecular flexibility index (Phi) is 3.91. The number of rotatable bonds is 3. The van der Waals surface area contributed by atoms with Crippen molar-refractivity contribution in [2.45, 2.75) is 56.8 Å². The Morgan fingerprint density at radius 3 is 2.91 bits per heavy atom. The fourth-order valence-electron chi connectivity index (χ4n) is 4.07. The van der Waals surface area contributed by atoms with Gasteiger partial charge in [-0.3, -0.25) is 9.59 Å². The molecule has 1 N–H and O–H groups in total. The second-order valence-electron chi connectivity index (χ2n) is 6.95. The van der Waals surface area contributed by atoms with E-state index in [4.69, 9.17) is 9.15 Å². The first kappa shape index (κ1) is 16.0. The molecule has 1 spiro atoms. The Bertz CT molecular complexity index is 598. The number of carbonyl (C=O) groups excluding carboxylic acids is 2. The summed E-state index contributed by atoms with van der Waals surface area (Å²) in [5, 5.41) is 2.65. The van der Waals surface area contributed by atoms with Gasteiger partial charge in [-0.2, -0.15) is 0 Å². The van der Waals surface area contributed by atoms with Gasteiger partial charge < -0.3 is 19.4 Å². The second-order valence-corrected chi connectivity index (χ2v) is 6.95. The van der Waals surface area contributed by atoms with Crippen LogP contribution in [0.1, 0.15) is 50.1 Å². The van der Waals surface area contributed by atoms with E-state index in [1.807, 2.05) is 18.7 Å². The summed E-state index contributed by atoms with van der Waals surface area (Å²) in [6, 6.07) is 0. The van der Waals surface area contributed by atoms with Crippen molar-refractivity contribution < 1.29 is 18.7 Å². The lowest BCUT2D eigenvalue weighted by Gasteiger charge is -2.38. The molecule has 7 nitrogen and oxygen atoms in total. The van der Waals surface area contributed by atoms with Gasteiger partial charge in [0.25, 0.3) is 5.91 Å². The van der Waals surface area contributed by atoms with Crippen molar-refractivity contribution in [3.8, 4) is 0 Å². The molecule has 3 heterocycles. The van der Waals surface area contributed by atoms with Gasteiger partial charge >= 0.3 is 0 Å². The molecule has 0 unspecified atom stereocenters. The number of carbonyl (C=O) groups is 2. The van der Waals surface area contributed by atoms with Gasteiger partial charge in [0.05, 0.1) is 29.9 Å². The molecule has 0 saturated carbocycles. The number of amides is 2. The molecule has 0 radical (unpaired) electrons. The molecule has 0 aromatic carbocycles. The van der Waals surface area contributed by atoms with E-state index >= 15 is 0 Å². The number of likely N-dealkylation sites (tertiary alicyclic amines) is 1. The summed E-state index contributed by atoms with van der Waals surface area (Å²) in [5.41, 5.74) is -0.831. The molecule has 2 saturated heterocycles. The monoisotopic (exact) mass is 321 g/mol. The molecule has 0 bridgehead atoms. The van der Waals surface area contributed by atoms with Crippen LogP contribution in [0.4, 0.5) is 0 Å². The zero-order chi connectivity index (χ0) is 16.7. The Balaban J connectivity index is 1.92. The fourth-order valence-corrected chi connectivity index (χ4v) is 4.07. The third kappa shape index (κ3) is 2.73. The van der Waals surface area contributed by atoms with Crippen LogP contribution >= 0.6 is 0 Å². The topological polar surface area (TPSA) is 84.7 Å². The summed E-state index contributed by atoms with van der Waals surface area (Å²) >= 11 is 0. The van der Waals surface area contributed by atoms with E-state index in [1.54, 1.807) is 7.05 Å². The minimum absolute atomic E-state index is 0.0777. The molecule has 2 fully saturated rings. The van der Waals surface area contributed by atoms with Gasteiger partial charge in [-0.15, -0.1) is 0 Å². The fraction of sp³-hybridized carbons (Fsp3) is 0.688. The molecule has 2 aliphatic rings. The standard InChI is InChI=1S/C16H23N3O4/c1-15(2)9-16(12(23-15)7-13(20)17-3)5-4-6-19(16)14(21)11-8-18-10-22-11/h8,10,12H,4-7,9H2,1-3H3,(H,17,20)/t12-,16+/m0/s1. The minimum atomic E-state index is -0.458. The minimum Gasteiger partial charge on any atom is -0.438 e. The number of hydrogen-bond donors (Lipinski definition) is 1. The second kappa shape index (κ2) is 5.63. The summed E-state index contributed by atoms with van der Waals surface area (Å²) in [6.45, 7) is 4.66. The summed E-state index contributed by atoms with van der Waals surface area (Å²) in [7, 11) is 1.61. The van der Waals surface area contributed by atoms with Gasteiger partial charge in [0.15, 0.2) is 6.39 Å². The Morgan fingerprint density at radius 2 is 2.26 bits per heavy atom. The van der Waals surface area contributed by atoms with E-state index in [-0.39, 0.29) is 35.7 Å². The van der Waals surface area contributed by atoms with Crippen molar-refractivity contribution in [2.24, 2.45) is 0 Å². The maximum Gasteiger partial charge on any atom is 0.291 e. The molecule has 0 aliphatic carbocycles. The van der Waals surface area contributed by atoms with Gasteiger partial charge in [-0.1, -0.05) is 0 Å². The van der Waals surface area contributed by atoms with Crippen LogP contribution in [0.25, 0.3) is 0 Å². The zero-order valence-corrected chi connectivity index (χ0v) is 13.8. The quantitative estimate of drug-likeness (QED) is 0.908. The molecule has 2 atom stereocenters. The van der Waals surface area contributed by atoms with E-state index < -0.39 is 5.54 Å². The van der Waals surface area contributed by atoms with E-state index in [1.165, 1.54) is 12.6 Å². The summed E-state index contributed by atoms with van der Waals surface area (Å²) in [5.74, 6) is -0.0241. The Morgan fingerprint density at radius 1 is 1.48 bits per heavy atom. The smallest absolute Gasteiger partial charge is 0.291 e. The van der Waals surface area contributed by atoms with Crippen LogP contribution in [-0.2, 0) is 9.53 Å². The van der Waals surface area contributed by atoms with Crippen molar-refractivity contribution in [1.82, 2.24) is 15.2 Å². The van der Waals surface area contributed by atoms with Crippen LogP contribution in [0.5, 0.6) is 0 Å². The lowest BCUT2D eigenvalue weighted by molar-refractivity contribution is -0.126. The molecular weight excluding hydrogens is 298 g/mol. The van der Waals surface area contributed by atoms with Crippen molar-refractivity contribution >= 4 is 11.8 Å². The van der Waals surface area contributed by atoms with Crippen LogP contribution < -0.4 is 5.32 Å². The summed E-state index contributed by atoms with van der Waals surface area (Å²) in [6.07, 6.45) is 5.06. The number of nitrogens with one attached hydrogen (secondary N) is 1. The van der Waals surface area contributed by atoms with Gasteiger partial charge in [-0.05, 0) is 26.7 Å². The van der Waals surface area contributed by atoms with Crippen molar-refractivity contribution in [3.63, 3.8) is 0 Å². The summed E-state index contributed by atoms with van der Waals surface area (Å²) < 4.78 is 11.3. The molecule has 7 heteroatoms. The van der Waals surface area contributed by atoms with Crippen LogP contribution in [0.3, 0.4) is 0 Å². The third-order valence-electron chi connectivity index (χ3n) is 4.86. The van der Waals surface area contributed by atoms with Crippen LogP contribution in [-0.4, -0.2) is 52.5 Å². The highest BCUT2D eigenvalue weighted by Gasteiger charge is 2.58.